The van der Waals surface area contributed by atoms with Crippen molar-refractivity contribution < 1.29 is 9.53 Å². The van der Waals surface area contributed by atoms with Gasteiger partial charge in [0.25, 0.3) is 0 Å². The number of aromatic nitrogens is 3. The minimum atomic E-state index is -0.0668. The summed E-state index contributed by atoms with van der Waals surface area (Å²) in [4.78, 5) is 25.8. The molecular weight excluding hydrogens is 540 g/mol. The molecule has 10 nitrogen and oxygen atoms in total. The molecule has 0 spiro atoms. The summed E-state index contributed by atoms with van der Waals surface area (Å²) >= 11 is 6.89. The fourth-order valence-electron chi connectivity index (χ4n) is 6.41. The zero-order valence-corrected chi connectivity index (χ0v) is 24.4. The normalized spacial score (nSPS) is 19.4. The Labute approximate surface area is 245 Å². The lowest BCUT2D eigenvalue weighted by Crippen LogP contribution is -2.49. The van der Waals surface area contributed by atoms with Crippen LogP contribution in [0.5, 0.6) is 5.88 Å². The van der Waals surface area contributed by atoms with E-state index in [0.29, 0.717) is 68.3 Å². The van der Waals surface area contributed by atoms with Crippen LogP contribution in [0.15, 0.2) is 24.9 Å². The maximum absolute atomic E-state index is 12.2. The van der Waals surface area contributed by atoms with Crippen molar-refractivity contribution in [2.75, 3.05) is 62.7 Å². The van der Waals surface area contributed by atoms with Gasteiger partial charge in [-0.1, -0.05) is 18.2 Å². The summed E-state index contributed by atoms with van der Waals surface area (Å²) < 4.78 is 6.36. The van der Waals surface area contributed by atoms with Gasteiger partial charge in [-0.05, 0) is 57.5 Å². The van der Waals surface area contributed by atoms with E-state index in [1.807, 2.05) is 19.2 Å². The fraction of sp³-hybridized carbons (Fsp3) is 0.467. The largest absolute Gasteiger partial charge is 0.475 e. The number of anilines is 2. The Bertz CT molecular complexity index is 1540. The quantitative estimate of drug-likeness (QED) is 0.445. The number of rotatable bonds is 6. The van der Waals surface area contributed by atoms with Gasteiger partial charge in [-0.3, -0.25) is 9.89 Å². The topological polar surface area (TPSA) is 105 Å². The third-order valence-electron chi connectivity index (χ3n) is 8.73. The van der Waals surface area contributed by atoms with Crippen LogP contribution < -0.4 is 14.5 Å². The summed E-state index contributed by atoms with van der Waals surface area (Å²) in [5.74, 6) is 0.319. The zero-order chi connectivity index (χ0) is 28.7. The third kappa shape index (κ3) is 4.98. The molecule has 3 aliphatic rings. The average molecular weight is 575 g/mol. The maximum atomic E-state index is 12.2. The monoisotopic (exact) mass is 574 g/mol. The second-order valence-electron chi connectivity index (χ2n) is 11.1. The summed E-state index contributed by atoms with van der Waals surface area (Å²) in [5.41, 5.74) is 6.19. The van der Waals surface area contributed by atoms with Crippen LogP contribution in [0.1, 0.15) is 35.2 Å². The molecule has 2 aromatic heterocycles. The number of amides is 1. The number of H-pyrrole nitrogens is 1. The number of ether oxygens (including phenoxy) is 1. The van der Waals surface area contributed by atoms with Gasteiger partial charge >= 0.3 is 0 Å². The number of hydrogen-bond acceptors (Lipinski definition) is 8. The van der Waals surface area contributed by atoms with Crippen LogP contribution in [0.2, 0.25) is 5.02 Å². The molecule has 214 valence electrons. The summed E-state index contributed by atoms with van der Waals surface area (Å²) in [5, 5.41) is 19.4. The first kappa shape index (κ1) is 27.4. The molecule has 3 aliphatic heterocycles. The smallest absolute Gasteiger partial charge is 0.246 e. The molecular formula is C30H35ClN8O2. The average Bonchev–Trinajstić information content (AvgIpc) is 3.63. The number of piperazine rings is 1. The molecule has 1 amide bonds. The number of aromatic amines is 1. The van der Waals surface area contributed by atoms with Gasteiger partial charge in [0.1, 0.15) is 18.2 Å². The molecule has 5 heterocycles. The number of halogens is 1. The van der Waals surface area contributed by atoms with Gasteiger partial charge in [0.15, 0.2) is 0 Å². The molecule has 0 radical (unpaired) electrons. The third-order valence-corrected chi connectivity index (χ3v) is 9.20. The lowest BCUT2D eigenvalue weighted by molar-refractivity contribution is -0.126. The van der Waals surface area contributed by atoms with Gasteiger partial charge in [-0.15, -0.1) is 0 Å². The summed E-state index contributed by atoms with van der Waals surface area (Å²) in [6, 6.07) is 4.75. The zero-order valence-electron chi connectivity index (χ0n) is 23.6. The highest BCUT2D eigenvalue weighted by Crippen LogP contribution is 2.42. The van der Waals surface area contributed by atoms with Crippen molar-refractivity contribution in [3.05, 3.63) is 52.3 Å². The van der Waals surface area contributed by atoms with Gasteiger partial charge in [-0.25, -0.2) is 4.98 Å². The second-order valence-corrected chi connectivity index (χ2v) is 11.5. The number of benzene rings is 1. The van der Waals surface area contributed by atoms with E-state index in [1.165, 1.54) is 6.08 Å². The van der Waals surface area contributed by atoms with Crippen molar-refractivity contribution >= 4 is 39.8 Å². The number of likely N-dealkylation sites (tertiary alicyclic amines) is 1. The highest BCUT2D eigenvalue weighted by Gasteiger charge is 2.33. The predicted octanol–water partition coefficient (Wildman–Crippen LogP) is 3.66. The van der Waals surface area contributed by atoms with Crippen LogP contribution in [-0.2, 0) is 17.8 Å². The van der Waals surface area contributed by atoms with Crippen LogP contribution in [0.3, 0.4) is 0 Å². The summed E-state index contributed by atoms with van der Waals surface area (Å²) in [6.45, 7) is 10.8. The highest BCUT2D eigenvalue weighted by molar-refractivity contribution is 6.35. The number of carbonyl (C=O) groups is 1. The lowest BCUT2D eigenvalue weighted by atomic mass is 9.97. The molecule has 1 N–H and O–H groups in total. The minimum Gasteiger partial charge on any atom is -0.475 e. The van der Waals surface area contributed by atoms with E-state index in [0.717, 1.165) is 65.0 Å². The Morgan fingerprint density at radius 2 is 2.05 bits per heavy atom. The van der Waals surface area contributed by atoms with Crippen molar-refractivity contribution in [3.8, 4) is 11.9 Å². The number of likely N-dealkylation sites (N-methyl/N-ethyl adjacent to an activating group) is 1. The number of carbonyl (C=O) groups excluding carboxylic acids is 1. The molecule has 6 rings (SSSR count). The molecule has 1 aromatic carbocycles. The van der Waals surface area contributed by atoms with E-state index in [9.17, 15) is 10.1 Å². The van der Waals surface area contributed by atoms with Crippen LogP contribution in [0.25, 0.3) is 10.9 Å². The van der Waals surface area contributed by atoms with Crippen LogP contribution in [0, 0.1) is 18.3 Å². The number of aryl methyl sites for hydroxylation is 1. The Balaban J connectivity index is 1.39. The van der Waals surface area contributed by atoms with Gasteiger partial charge in [0.05, 0.1) is 40.3 Å². The number of fused-ring (bicyclic) bond motifs is 2. The standard InChI is InChI=1S/C30H35ClN8O2/c1-4-26(40)37-10-12-38(13-11-37)28-21-7-9-39(29-23-16-33-35-24(23)14-19(2)27(29)31)17-25(21)34-30(22(28)15-32)41-18-20-6-5-8-36(20)3/h4,14,16,20H,1,5-13,17-18H2,2-3H3,(H,33,35). The SMILES string of the molecule is C=CC(=O)N1CCN(c2c(C#N)c(OCC3CCCN3C)nc3c2CCN(c2c(Cl)c(C)cc4[nH]ncc24)C3)CC1. The van der Waals surface area contributed by atoms with Crippen molar-refractivity contribution in [1.82, 2.24) is 25.0 Å². The summed E-state index contributed by atoms with van der Waals surface area (Å²) in [7, 11) is 2.11. The van der Waals surface area contributed by atoms with E-state index in [1.54, 1.807) is 4.90 Å². The molecule has 2 fully saturated rings. The maximum Gasteiger partial charge on any atom is 0.246 e. The molecule has 3 aromatic rings. The van der Waals surface area contributed by atoms with E-state index in [4.69, 9.17) is 21.3 Å². The van der Waals surface area contributed by atoms with E-state index >= 15 is 0 Å². The Hall–Kier alpha value is -3.81. The predicted molar refractivity (Wildman–Crippen MR) is 160 cm³/mol. The van der Waals surface area contributed by atoms with Gasteiger partial charge < -0.3 is 24.3 Å². The Morgan fingerprint density at radius 1 is 1.24 bits per heavy atom. The first-order valence-corrected chi connectivity index (χ1v) is 14.6. The number of nitrogens with zero attached hydrogens (tertiary/aromatic N) is 7. The number of nitrogens with one attached hydrogen (secondary N) is 1. The van der Waals surface area contributed by atoms with E-state index in [-0.39, 0.29) is 5.91 Å². The molecule has 1 unspecified atom stereocenters. The van der Waals surface area contributed by atoms with Crippen LogP contribution >= 0.6 is 11.6 Å². The number of nitriles is 1. The molecule has 0 bridgehead atoms. The lowest BCUT2D eigenvalue weighted by Gasteiger charge is -2.39. The molecule has 2 saturated heterocycles. The highest BCUT2D eigenvalue weighted by atomic mass is 35.5. The summed E-state index contributed by atoms with van der Waals surface area (Å²) in [6.07, 6.45) is 6.09. The fourth-order valence-corrected chi connectivity index (χ4v) is 6.69. The first-order chi connectivity index (χ1) is 19.9. The molecule has 0 aliphatic carbocycles. The van der Waals surface area contributed by atoms with Crippen LogP contribution in [0.4, 0.5) is 11.4 Å². The van der Waals surface area contributed by atoms with Crippen molar-refractivity contribution in [3.63, 3.8) is 0 Å². The van der Waals surface area contributed by atoms with Gasteiger partial charge in [-0.2, -0.15) is 10.4 Å². The van der Waals surface area contributed by atoms with Crippen molar-refractivity contribution in [2.45, 2.75) is 38.8 Å². The molecule has 0 saturated carbocycles. The van der Waals surface area contributed by atoms with Gasteiger partial charge in [0.2, 0.25) is 11.8 Å². The van der Waals surface area contributed by atoms with Crippen molar-refractivity contribution in [2.24, 2.45) is 0 Å². The van der Waals surface area contributed by atoms with E-state index in [2.05, 4.69) is 44.6 Å². The van der Waals surface area contributed by atoms with E-state index < -0.39 is 0 Å². The van der Waals surface area contributed by atoms with Crippen LogP contribution in [-0.4, -0.2) is 89.9 Å². The number of hydrogen-bond donors (Lipinski definition) is 1. The Morgan fingerprint density at radius 3 is 2.76 bits per heavy atom. The molecule has 41 heavy (non-hydrogen) atoms. The van der Waals surface area contributed by atoms with Crippen molar-refractivity contribution in [1.29, 1.82) is 5.26 Å². The molecule has 1 atom stereocenters. The minimum absolute atomic E-state index is 0.0668. The van der Waals surface area contributed by atoms with Gasteiger partial charge in [0, 0.05) is 49.7 Å². The number of pyridine rings is 1. The Kier molecular flexibility index (Phi) is 7.49. The first-order valence-electron chi connectivity index (χ1n) is 14.2. The molecule has 11 heteroatoms. The second kappa shape index (κ2) is 11.2.